The summed E-state index contributed by atoms with van der Waals surface area (Å²) in [7, 11) is 4.29. The Hall–Kier alpha value is -0.770. The lowest BCUT2D eigenvalue weighted by molar-refractivity contribution is 0.266. The van der Waals surface area contributed by atoms with Gasteiger partial charge in [-0.15, -0.1) is 0 Å². The standard InChI is InChI=1S/C15H24ClN3/c1-10-8-19(9-15(10)18(3)4)14-6-5-12(11(2)17)7-13(14)16/h5-7,10-11,15H,8-9,17H2,1-4H3/t10?,11-,15?/m0/s1. The van der Waals surface area contributed by atoms with Crippen LogP contribution in [0.2, 0.25) is 5.02 Å². The van der Waals surface area contributed by atoms with E-state index < -0.39 is 0 Å². The fraction of sp³-hybridized carbons (Fsp3) is 0.600. The van der Waals surface area contributed by atoms with Gasteiger partial charge < -0.3 is 15.5 Å². The predicted molar refractivity (Wildman–Crippen MR) is 82.9 cm³/mol. The molecule has 1 aliphatic rings. The molecule has 0 aromatic heterocycles. The summed E-state index contributed by atoms with van der Waals surface area (Å²) >= 11 is 6.42. The first-order valence-corrected chi connectivity index (χ1v) is 7.24. The molecule has 4 heteroatoms. The molecule has 2 N–H and O–H groups in total. The summed E-state index contributed by atoms with van der Waals surface area (Å²) in [5.74, 6) is 0.652. The van der Waals surface area contributed by atoms with Gasteiger partial charge in [0.05, 0.1) is 10.7 Å². The van der Waals surface area contributed by atoms with E-state index in [0.29, 0.717) is 12.0 Å². The van der Waals surface area contributed by atoms with Crippen LogP contribution in [0.4, 0.5) is 5.69 Å². The fourth-order valence-corrected chi connectivity index (χ4v) is 3.19. The second-order valence-corrected chi connectivity index (χ2v) is 6.32. The van der Waals surface area contributed by atoms with Gasteiger partial charge in [-0.1, -0.05) is 24.6 Å². The SMILES string of the molecule is CC1CN(c2ccc([C@H](C)N)cc2Cl)CC1N(C)C. The number of nitrogens with zero attached hydrogens (tertiary/aromatic N) is 2. The number of hydrogen-bond acceptors (Lipinski definition) is 3. The number of anilines is 1. The molecule has 1 fully saturated rings. The molecule has 1 heterocycles. The van der Waals surface area contributed by atoms with E-state index in [-0.39, 0.29) is 6.04 Å². The van der Waals surface area contributed by atoms with Gasteiger partial charge in [-0.05, 0) is 44.6 Å². The maximum atomic E-state index is 6.42. The van der Waals surface area contributed by atoms with E-state index in [1.165, 1.54) is 0 Å². The summed E-state index contributed by atoms with van der Waals surface area (Å²) in [6, 6.07) is 6.79. The topological polar surface area (TPSA) is 32.5 Å². The third-order valence-electron chi connectivity index (χ3n) is 4.07. The monoisotopic (exact) mass is 281 g/mol. The molecule has 0 spiro atoms. The molecule has 1 aliphatic heterocycles. The zero-order valence-electron chi connectivity index (χ0n) is 12.2. The van der Waals surface area contributed by atoms with Gasteiger partial charge >= 0.3 is 0 Å². The molecule has 0 saturated carbocycles. The van der Waals surface area contributed by atoms with Crippen LogP contribution in [0, 0.1) is 5.92 Å². The van der Waals surface area contributed by atoms with Crippen molar-refractivity contribution in [2.45, 2.75) is 25.9 Å². The van der Waals surface area contributed by atoms with Crippen LogP contribution >= 0.6 is 11.6 Å². The molecule has 3 nitrogen and oxygen atoms in total. The van der Waals surface area contributed by atoms with E-state index in [0.717, 1.165) is 29.4 Å². The van der Waals surface area contributed by atoms with Crippen LogP contribution in [0.3, 0.4) is 0 Å². The van der Waals surface area contributed by atoms with Gasteiger partial charge in [0.2, 0.25) is 0 Å². The molecule has 1 aromatic carbocycles. The van der Waals surface area contributed by atoms with E-state index in [9.17, 15) is 0 Å². The summed E-state index contributed by atoms with van der Waals surface area (Å²) in [6.07, 6.45) is 0. The lowest BCUT2D eigenvalue weighted by Gasteiger charge is -2.23. The number of likely N-dealkylation sites (N-methyl/N-ethyl adjacent to an activating group) is 1. The van der Waals surface area contributed by atoms with E-state index >= 15 is 0 Å². The minimum absolute atomic E-state index is 0.0265. The highest BCUT2D eigenvalue weighted by atomic mass is 35.5. The Bertz CT molecular complexity index is 445. The van der Waals surface area contributed by atoms with Gasteiger partial charge in [0, 0.05) is 25.2 Å². The molecular formula is C15H24ClN3. The van der Waals surface area contributed by atoms with E-state index in [1.54, 1.807) is 0 Å². The zero-order valence-corrected chi connectivity index (χ0v) is 13.0. The Morgan fingerprint density at radius 1 is 1.37 bits per heavy atom. The molecule has 0 amide bonds. The van der Waals surface area contributed by atoms with E-state index in [2.05, 4.69) is 43.0 Å². The van der Waals surface area contributed by atoms with Crippen molar-refractivity contribution in [3.8, 4) is 0 Å². The molecule has 0 bridgehead atoms. The van der Waals surface area contributed by atoms with Crippen molar-refractivity contribution in [3.63, 3.8) is 0 Å². The normalized spacial score (nSPS) is 25.1. The van der Waals surface area contributed by atoms with Crippen molar-refractivity contribution in [2.24, 2.45) is 11.7 Å². The van der Waals surface area contributed by atoms with Gasteiger partial charge in [0.1, 0.15) is 0 Å². The van der Waals surface area contributed by atoms with Gasteiger partial charge in [-0.25, -0.2) is 0 Å². The molecule has 1 saturated heterocycles. The van der Waals surface area contributed by atoms with Crippen LogP contribution in [-0.4, -0.2) is 38.1 Å². The van der Waals surface area contributed by atoms with Crippen molar-refractivity contribution >= 4 is 17.3 Å². The Labute approximate surface area is 121 Å². The second-order valence-electron chi connectivity index (χ2n) is 5.91. The van der Waals surface area contributed by atoms with Crippen LogP contribution in [0.5, 0.6) is 0 Å². The maximum Gasteiger partial charge on any atom is 0.0642 e. The number of halogens is 1. The zero-order chi connectivity index (χ0) is 14.2. The van der Waals surface area contributed by atoms with E-state index in [1.807, 2.05) is 13.0 Å². The average molecular weight is 282 g/mol. The van der Waals surface area contributed by atoms with Gasteiger partial charge in [-0.2, -0.15) is 0 Å². The first-order valence-electron chi connectivity index (χ1n) is 6.86. The van der Waals surface area contributed by atoms with Crippen LogP contribution in [0.1, 0.15) is 25.5 Å². The third kappa shape index (κ3) is 3.04. The van der Waals surface area contributed by atoms with Crippen LogP contribution < -0.4 is 10.6 Å². The third-order valence-corrected chi connectivity index (χ3v) is 4.38. The van der Waals surface area contributed by atoms with Gasteiger partial charge in [0.15, 0.2) is 0 Å². The van der Waals surface area contributed by atoms with Crippen molar-refractivity contribution in [2.75, 3.05) is 32.1 Å². The molecule has 0 radical (unpaired) electrons. The quantitative estimate of drug-likeness (QED) is 0.925. The highest BCUT2D eigenvalue weighted by Crippen LogP contribution is 2.33. The van der Waals surface area contributed by atoms with Crippen LogP contribution in [0.15, 0.2) is 18.2 Å². The Morgan fingerprint density at radius 3 is 2.53 bits per heavy atom. The number of hydrogen-bond donors (Lipinski definition) is 1. The van der Waals surface area contributed by atoms with Gasteiger partial charge in [-0.3, -0.25) is 0 Å². The first kappa shape index (κ1) is 14.6. The Morgan fingerprint density at radius 2 is 2.05 bits per heavy atom. The molecule has 106 valence electrons. The number of nitrogens with two attached hydrogens (primary N) is 1. The lowest BCUT2D eigenvalue weighted by atomic mass is 10.1. The molecular weight excluding hydrogens is 258 g/mol. The summed E-state index contributed by atoms with van der Waals surface area (Å²) in [6.45, 7) is 6.37. The Kier molecular flexibility index (Phi) is 4.39. The summed E-state index contributed by atoms with van der Waals surface area (Å²) in [5.41, 5.74) is 8.11. The fourth-order valence-electron chi connectivity index (χ4n) is 2.88. The van der Waals surface area contributed by atoms with Crippen molar-refractivity contribution in [1.82, 2.24) is 4.90 Å². The molecule has 2 unspecified atom stereocenters. The smallest absolute Gasteiger partial charge is 0.0642 e. The lowest BCUT2D eigenvalue weighted by Crippen LogP contribution is -2.34. The van der Waals surface area contributed by atoms with Crippen molar-refractivity contribution in [1.29, 1.82) is 0 Å². The summed E-state index contributed by atoms with van der Waals surface area (Å²) in [5, 5.41) is 0.807. The molecule has 3 atom stereocenters. The average Bonchev–Trinajstić information content (AvgIpc) is 2.71. The highest BCUT2D eigenvalue weighted by molar-refractivity contribution is 6.33. The molecule has 2 rings (SSSR count). The first-order chi connectivity index (χ1) is 8.90. The molecule has 0 aliphatic carbocycles. The van der Waals surface area contributed by atoms with Crippen LogP contribution in [-0.2, 0) is 0 Å². The summed E-state index contributed by atoms with van der Waals surface area (Å²) < 4.78 is 0. The Balaban J connectivity index is 2.20. The van der Waals surface area contributed by atoms with Gasteiger partial charge in [0.25, 0.3) is 0 Å². The van der Waals surface area contributed by atoms with Crippen molar-refractivity contribution in [3.05, 3.63) is 28.8 Å². The van der Waals surface area contributed by atoms with Crippen LogP contribution in [0.25, 0.3) is 0 Å². The minimum atomic E-state index is 0.0265. The number of benzene rings is 1. The molecule has 19 heavy (non-hydrogen) atoms. The maximum absolute atomic E-state index is 6.42. The molecule has 1 aromatic rings. The second kappa shape index (κ2) is 5.70. The summed E-state index contributed by atoms with van der Waals surface area (Å²) in [4.78, 5) is 4.68. The number of rotatable bonds is 3. The highest BCUT2D eigenvalue weighted by Gasteiger charge is 2.31. The predicted octanol–water partition coefficient (Wildman–Crippen LogP) is 2.75. The minimum Gasteiger partial charge on any atom is -0.368 e. The van der Waals surface area contributed by atoms with E-state index in [4.69, 9.17) is 17.3 Å². The largest absolute Gasteiger partial charge is 0.368 e. The van der Waals surface area contributed by atoms with Crippen molar-refractivity contribution < 1.29 is 0 Å².